The number of sulfonamides is 1. The van der Waals surface area contributed by atoms with Crippen LogP contribution in [0.1, 0.15) is 41.9 Å². The van der Waals surface area contributed by atoms with Gasteiger partial charge in [0.25, 0.3) is 5.91 Å². The normalized spacial score (nSPS) is 15.9. The lowest BCUT2D eigenvalue weighted by atomic mass is 10.2. The molecule has 1 fully saturated rings. The molecule has 1 amide bonds. The molecule has 1 aliphatic heterocycles. The van der Waals surface area contributed by atoms with E-state index in [1.54, 1.807) is 19.1 Å². The SMILES string of the molecule is C[C@H](NC(=O)COC(=O)c1ccc(S(=O)(=O)N2CCCC2)cc1)c1ccco1. The van der Waals surface area contributed by atoms with Crippen molar-refractivity contribution in [2.45, 2.75) is 30.7 Å². The van der Waals surface area contributed by atoms with E-state index in [9.17, 15) is 18.0 Å². The van der Waals surface area contributed by atoms with Crippen LogP contribution in [0.3, 0.4) is 0 Å². The van der Waals surface area contributed by atoms with E-state index < -0.39 is 28.5 Å². The van der Waals surface area contributed by atoms with Crippen LogP contribution < -0.4 is 5.32 Å². The van der Waals surface area contributed by atoms with Crippen LogP contribution in [0.5, 0.6) is 0 Å². The lowest BCUT2D eigenvalue weighted by Gasteiger charge is -2.15. The fourth-order valence-electron chi connectivity index (χ4n) is 2.95. The zero-order chi connectivity index (χ0) is 20.1. The summed E-state index contributed by atoms with van der Waals surface area (Å²) in [5.74, 6) is -0.578. The highest BCUT2D eigenvalue weighted by atomic mass is 32.2. The number of hydrogen-bond acceptors (Lipinski definition) is 6. The van der Waals surface area contributed by atoms with Crippen LogP contribution in [0.15, 0.2) is 52.0 Å². The standard InChI is InChI=1S/C19H22N2O6S/c1-14(17-5-4-12-26-17)20-18(22)13-27-19(23)15-6-8-16(9-7-15)28(24,25)21-10-2-3-11-21/h4-9,12,14H,2-3,10-11,13H2,1H3,(H,20,22)/t14-/m0/s1. The number of rotatable bonds is 7. The molecule has 2 heterocycles. The Morgan fingerprint density at radius 2 is 1.86 bits per heavy atom. The molecule has 0 aliphatic carbocycles. The molecule has 0 spiro atoms. The fraction of sp³-hybridized carbons (Fsp3) is 0.368. The molecule has 150 valence electrons. The number of carbonyl (C=O) groups is 2. The quantitative estimate of drug-likeness (QED) is 0.706. The Hall–Kier alpha value is -2.65. The largest absolute Gasteiger partial charge is 0.467 e. The zero-order valence-electron chi connectivity index (χ0n) is 15.5. The molecule has 1 aromatic heterocycles. The Balaban J connectivity index is 1.54. The number of esters is 1. The molecule has 8 nitrogen and oxygen atoms in total. The molecule has 1 saturated heterocycles. The van der Waals surface area contributed by atoms with Gasteiger partial charge in [0.05, 0.1) is 22.8 Å². The van der Waals surface area contributed by atoms with Crippen molar-refractivity contribution in [2.24, 2.45) is 0 Å². The first-order chi connectivity index (χ1) is 13.4. The average molecular weight is 406 g/mol. The van der Waals surface area contributed by atoms with Gasteiger partial charge in [0.15, 0.2) is 6.61 Å². The van der Waals surface area contributed by atoms with Gasteiger partial charge in [0, 0.05) is 13.1 Å². The summed E-state index contributed by atoms with van der Waals surface area (Å²) in [5, 5.41) is 2.65. The van der Waals surface area contributed by atoms with E-state index in [0.717, 1.165) is 12.8 Å². The number of furan rings is 1. The second-order valence-electron chi connectivity index (χ2n) is 6.52. The van der Waals surface area contributed by atoms with Gasteiger partial charge in [-0.25, -0.2) is 13.2 Å². The first-order valence-electron chi connectivity index (χ1n) is 8.98. The molecule has 28 heavy (non-hydrogen) atoms. The molecule has 0 radical (unpaired) electrons. The number of hydrogen-bond donors (Lipinski definition) is 1. The number of carbonyl (C=O) groups excluding carboxylic acids is 2. The van der Waals surface area contributed by atoms with Crippen molar-refractivity contribution < 1.29 is 27.2 Å². The summed E-state index contributed by atoms with van der Waals surface area (Å²) in [6, 6.07) is 8.62. The molecule has 3 rings (SSSR count). The van der Waals surface area contributed by atoms with Crippen LogP contribution in [-0.2, 0) is 19.6 Å². The first kappa shape index (κ1) is 20.1. The van der Waals surface area contributed by atoms with Crippen molar-refractivity contribution >= 4 is 21.9 Å². The Labute approximate surface area is 163 Å². The van der Waals surface area contributed by atoms with Crippen LogP contribution in [-0.4, -0.2) is 44.3 Å². The van der Waals surface area contributed by atoms with Gasteiger partial charge in [-0.05, 0) is 56.2 Å². The molecule has 1 aromatic carbocycles. The number of nitrogens with one attached hydrogen (secondary N) is 1. The van der Waals surface area contributed by atoms with E-state index in [1.807, 2.05) is 0 Å². The minimum atomic E-state index is -3.53. The molecular weight excluding hydrogens is 384 g/mol. The molecule has 0 bridgehead atoms. The van der Waals surface area contributed by atoms with Crippen LogP contribution in [0.4, 0.5) is 0 Å². The predicted molar refractivity (Wildman–Crippen MR) is 100.0 cm³/mol. The van der Waals surface area contributed by atoms with Gasteiger partial charge in [0.1, 0.15) is 5.76 Å². The van der Waals surface area contributed by atoms with E-state index in [-0.39, 0.29) is 16.5 Å². The summed E-state index contributed by atoms with van der Waals surface area (Å²) in [5.41, 5.74) is 0.173. The molecule has 9 heteroatoms. The van der Waals surface area contributed by atoms with Crippen molar-refractivity contribution in [1.29, 1.82) is 0 Å². The van der Waals surface area contributed by atoms with Crippen molar-refractivity contribution in [1.82, 2.24) is 9.62 Å². The van der Waals surface area contributed by atoms with Crippen molar-refractivity contribution in [3.05, 3.63) is 54.0 Å². The maximum Gasteiger partial charge on any atom is 0.338 e. The summed E-state index contributed by atoms with van der Waals surface area (Å²) in [7, 11) is -3.53. The van der Waals surface area contributed by atoms with Crippen molar-refractivity contribution in [3.8, 4) is 0 Å². The molecule has 2 aromatic rings. The van der Waals surface area contributed by atoms with E-state index in [0.29, 0.717) is 18.8 Å². The molecule has 1 aliphatic rings. The summed E-state index contributed by atoms with van der Waals surface area (Å²) in [6.45, 7) is 2.32. The lowest BCUT2D eigenvalue weighted by Crippen LogP contribution is -2.31. The van der Waals surface area contributed by atoms with Gasteiger partial charge in [-0.15, -0.1) is 0 Å². The van der Waals surface area contributed by atoms with Crippen LogP contribution in [0.25, 0.3) is 0 Å². The Morgan fingerprint density at radius 3 is 2.46 bits per heavy atom. The molecule has 1 atom stereocenters. The van der Waals surface area contributed by atoms with E-state index in [2.05, 4.69) is 5.32 Å². The van der Waals surface area contributed by atoms with Crippen LogP contribution in [0.2, 0.25) is 0 Å². The highest BCUT2D eigenvalue weighted by molar-refractivity contribution is 7.89. The second-order valence-corrected chi connectivity index (χ2v) is 8.45. The second kappa shape index (κ2) is 8.57. The first-order valence-corrected chi connectivity index (χ1v) is 10.4. The van der Waals surface area contributed by atoms with E-state index in [4.69, 9.17) is 9.15 Å². The Kier molecular flexibility index (Phi) is 6.15. The number of amides is 1. The Bertz CT molecular complexity index is 916. The fourth-order valence-corrected chi connectivity index (χ4v) is 4.46. The molecule has 0 saturated carbocycles. The van der Waals surface area contributed by atoms with Gasteiger partial charge in [-0.2, -0.15) is 4.31 Å². The maximum absolute atomic E-state index is 12.5. The zero-order valence-corrected chi connectivity index (χ0v) is 16.3. The monoisotopic (exact) mass is 406 g/mol. The number of benzene rings is 1. The third-order valence-electron chi connectivity index (χ3n) is 4.47. The number of nitrogens with zero attached hydrogens (tertiary/aromatic N) is 1. The molecule has 1 N–H and O–H groups in total. The highest BCUT2D eigenvalue weighted by Gasteiger charge is 2.27. The lowest BCUT2D eigenvalue weighted by molar-refractivity contribution is -0.125. The summed E-state index contributed by atoms with van der Waals surface area (Å²) in [4.78, 5) is 24.1. The van der Waals surface area contributed by atoms with Crippen molar-refractivity contribution in [2.75, 3.05) is 19.7 Å². The van der Waals surface area contributed by atoms with Crippen LogP contribution >= 0.6 is 0 Å². The maximum atomic E-state index is 12.5. The van der Waals surface area contributed by atoms with Crippen LogP contribution in [0, 0.1) is 0 Å². The Morgan fingerprint density at radius 1 is 1.18 bits per heavy atom. The highest BCUT2D eigenvalue weighted by Crippen LogP contribution is 2.21. The topological polar surface area (TPSA) is 106 Å². The third-order valence-corrected chi connectivity index (χ3v) is 6.39. The van der Waals surface area contributed by atoms with E-state index >= 15 is 0 Å². The minimum absolute atomic E-state index is 0.135. The van der Waals surface area contributed by atoms with Gasteiger partial charge in [0.2, 0.25) is 10.0 Å². The predicted octanol–water partition coefficient (Wildman–Crippen LogP) is 2.10. The summed E-state index contributed by atoms with van der Waals surface area (Å²) >= 11 is 0. The summed E-state index contributed by atoms with van der Waals surface area (Å²) in [6.07, 6.45) is 3.21. The summed E-state index contributed by atoms with van der Waals surface area (Å²) < 4.78 is 36.6. The van der Waals surface area contributed by atoms with Gasteiger partial charge < -0.3 is 14.5 Å². The smallest absolute Gasteiger partial charge is 0.338 e. The third kappa shape index (κ3) is 4.60. The van der Waals surface area contributed by atoms with Gasteiger partial charge in [-0.1, -0.05) is 0 Å². The average Bonchev–Trinajstić information content (AvgIpc) is 3.40. The van der Waals surface area contributed by atoms with Gasteiger partial charge in [-0.3, -0.25) is 4.79 Å². The number of ether oxygens (including phenoxy) is 1. The van der Waals surface area contributed by atoms with Crippen molar-refractivity contribution in [3.63, 3.8) is 0 Å². The van der Waals surface area contributed by atoms with E-state index in [1.165, 1.54) is 34.8 Å². The molecule has 0 unspecified atom stereocenters. The minimum Gasteiger partial charge on any atom is -0.467 e. The van der Waals surface area contributed by atoms with Gasteiger partial charge >= 0.3 is 5.97 Å². The molecular formula is C19H22N2O6S.